The van der Waals surface area contributed by atoms with Crippen LogP contribution in [0.5, 0.6) is 5.75 Å². The molecule has 1 aromatic carbocycles. The molecule has 18 heavy (non-hydrogen) atoms. The van der Waals surface area contributed by atoms with Gasteiger partial charge in [-0.05, 0) is 42.5 Å². The molecule has 3 heteroatoms. The molecule has 0 amide bonds. The molecule has 2 aliphatic rings. The minimum atomic E-state index is 0.769. The highest BCUT2D eigenvalue weighted by atomic mass is 16.5. The van der Waals surface area contributed by atoms with Crippen molar-refractivity contribution in [1.29, 1.82) is 0 Å². The van der Waals surface area contributed by atoms with E-state index in [4.69, 9.17) is 9.47 Å². The van der Waals surface area contributed by atoms with Crippen LogP contribution in [0.3, 0.4) is 0 Å². The van der Waals surface area contributed by atoms with E-state index in [9.17, 15) is 0 Å². The highest BCUT2D eigenvalue weighted by Crippen LogP contribution is 2.25. The predicted molar refractivity (Wildman–Crippen MR) is 70.9 cm³/mol. The Labute approximate surface area is 108 Å². The molecule has 1 N–H and O–H groups in total. The summed E-state index contributed by atoms with van der Waals surface area (Å²) in [5, 5.41) is 3.52. The molecule has 2 aliphatic heterocycles. The van der Waals surface area contributed by atoms with Crippen molar-refractivity contribution >= 4 is 0 Å². The first kappa shape index (κ1) is 12.0. The van der Waals surface area contributed by atoms with Crippen molar-refractivity contribution in [3.05, 3.63) is 29.3 Å². The normalized spacial score (nSPS) is 21.9. The van der Waals surface area contributed by atoms with Crippen molar-refractivity contribution in [2.75, 3.05) is 26.4 Å². The van der Waals surface area contributed by atoms with Crippen LogP contribution in [0.15, 0.2) is 18.2 Å². The zero-order valence-electron chi connectivity index (χ0n) is 10.8. The van der Waals surface area contributed by atoms with Crippen LogP contribution in [-0.4, -0.2) is 26.4 Å². The van der Waals surface area contributed by atoms with Crippen LogP contribution in [-0.2, 0) is 17.7 Å². The van der Waals surface area contributed by atoms with Crippen molar-refractivity contribution < 1.29 is 9.47 Å². The van der Waals surface area contributed by atoms with E-state index in [-0.39, 0.29) is 0 Å². The molecule has 3 rings (SSSR count). The van der Waals surface area contributed by atoms with E-state index >= 15 is 0 Å². The Morgan fingerprint density at radius 1 is 1.28 bits per heavy atom. The molecule has 0 radical (unpaired) electrons. The van der Waals surface area contributed by atoms with Crippen molar-refractivity contribution in [3.63, 3.8) is 0 Å². The highest BCUT2D eigenvalue weighted by Gasteiger charge is 2.15. The molecule has 3 nitrogen and oxygen atoms in total. The Hall–Kier alpha value is -1.06. The van der Waals surface area contributed by atoms with Gasteiger partial charge in [-0.1, -0.05) is 12.1 Å². The van der Waals surface area contributed by atoms with Crippen LogP contribution in [0.25, 0.3) is 0 Å². The summed E-state index contributed by atoms with van der Waals surface area (Å²) >= 11 is 0. The van der Waals surface area contributed by atoms with E-state index in [2.05, 4.69) is 23.5 Å². The summed E-state index contributed by atoms with van der Waals surface area (Å²) in [6, 6.07) is 6.54. The SMILES string of the molecule is c1cc2c(cc1CNCCC1CCOC1)CCO2. The average Bonchev–Trinajstić information content (AvgIpc) is 3.05. The van der Waals surface area contributed by atoms with Crippen LogP contribution in [0.1, 0.15) is 24.0 Å². The first-order valence-electron chi connectivity index (χ1n) is 6.95. The largest absolute Gasteiger partial charge is 0.493 e. The topological polar surface area (TPSA) is 30.5 Å². The summed E-state index contributed by atoms with van der Waals surface area (Å²) in [7, 11) is 0. The van der Waals surface area contributed by atoms with Gasteiger partial charge in [-0.3, -0.25) is 0 Å². The summed E-state index contributed by atoms with van der Waals surface area (Å²) < 4.78 is 10.9. The molecule has 1 unspecified atom stereocenters. The molecule has 0 bridgehead atoms. The molecule has 0 aliphatic carbocycles. The van der Waals surface area contributed by atoms with Gasteiger partial charge in [-0.2, -0.15) is 0 Å². The van der Waals surface area contributed by atoms with Crippen molar-refractivity contribution in [2.45, 2.75) is 25.8 Å². The van der Waals surface area contributed by atoms with E-state index in [0.717, 1.165) is 51.0 Å². The van der Waals surface area contributed by atoms with Crippen molar-refractivity contribution in [2.24, 2.45) is 5.92 Å². The Morgan fingerprint density at radius 2 is 2.28 bits per heavy atom. The Kier molecular flexibility index (Phi) is 3.81. The average molecular weight is 247 g/mol. The number of ether oxygens (including phenoxy) is 2. The van der Waals surface area contributed by atoms with E-state index in [1.165, 1.54) is 24.0 Å². The number of nitrogens with one attached hydrogen (secondary N) is 1. The van der Waals surface area contributed by atoms with Gasteiger partial charge in [0.25, 0.3) is 0 Å². The minimum Gasteiger partial charge on any atom is -0.493 e. The molecular weight excluding hydrogens is 226 g/mol. The lowest BCUT2D eigenvalue weighted by Crippen LogP contribution is -2.18. The fraction of sp³-hybridized carbons (Fsp3) is 0.600. The van der Waals surface area contributed by atoms with E-state index in [1.807, 2.05) is 0 Å². The zero-order valence-corrected chi connectivity index (χ0v) is 10.8. The molecule has 1 fully saturated rings. The highest BCUT2D eigenvalue weighted by molar-refractivity contribution is 5.39. The van der Waals surface area contributed by atoms with Crippen LogP contribution in [0.2, 0.25) is 0 Å². The van der Waals surface area contributed by atoms with Gasteiger partial charge >= 0.3 is 0 Å². The molecule has 1 aromatic rings. The quantitative estimate of drug-likeness (QED) is 0.809. The van der Waals surface area contributed by atoms with E-state index < -0.39 is 0 Å². The number of rotatable bonds is 5. The second-order valence-electron chi connectivity index (χ2n) is 5.24. The second-order valence-corrected chi connectivity index (χ2v) is 5.24. The molecule has 0 saturated carbocycles. The third-order valence-corrected chi connectivity index (χ3v) is 3.84. The minimum absolute atomic E-state index is 0.769. The van der Waals surface area contributed by atoms with Crippen LogP contribution < -0.4 is 10.1 Å². The lowest BCUT2D eigenvalue weighted by molar-refractivity contribution is 0.184. The smallest absolute Gasteiger partial charge is 0.122 e. The van der Waals surface area contributed by atoms with Crippen molar-refractivity contribution in [1.82, 2.24) is 5.32 Å². The van der Waals surface area contributed by atoms with E-state index in [0.29, 0.717) is 0 Å². The maximum Gasteiger partial charge on any atom is 0.122 e. The van der Waals surface area contributed by atoms with Gasteiger partial charge in [0.2, 0.25) is 0 Å². The van der Waals surface area contributed by atoms with Crippen LogP contribution >= 0.6 is 0 Å². The van der Waals surface area contributed by atoms with Gasteiger partial charge in [0.15, 0.2) is 0 Å². The van der Waals surface area contributed by atoms with Crippen LogP contribution in [0.4, 0.5) is 0 Å². The number of fused-ring (bicyclic) bond motifs is 1. The summed E-state index contributed by atoms with van der Waals surface area (Å²) in [6.07, 6.45) is 3.52. The van der Waals surface area contributed by atoms with Crippen molar-refractivity contribution in [3.8, 4) is 5.75 Å². The number of benzene rings is 1. The number of hydrogen-bond donors (Lipinski definition) is 1. The van der Waals surface area contributed by atoms with Gasteiger partial charge in [0.05, 0.1) is 6.61 Å². The maximum atomic E-state index is 5.51. The number of hydrogen-bond acceptors (Lipinski definition) is 3. The molecular formula is C15H21NO2. The third kappa shape index (κ3) is 2.85. The third-order valence-electron chi connectivity index (χ3n) is 3.84. The Morgan fingerprint density at radius 3 is 3.17 bits per heavy atom. The summed E-state index contributed by atoms with van der Waals surface area (Å²) in [5.74, 6) is 1.84. The maximum absolute atomic E-state index is 5.51. The first-order valence-corrected chi connectivity index (χ1v) is 6.95. The standard InChI is InChI=1S/C15H21NO2/c1-2-15-14(5-8-18-15)9-13(1)10-16-6-3-12-4-7-17-11-12/h1-2,9,12,16H,3-8,10-11H2. The monoisotopic (exact) mass is 247 g/mol. The van der Waals surface area contributed by atoms with Gasteiger partial charge in [0, 0.05) is 26.2 Å². The molecule has 2 heterocycles. The summed E-state index contributed by atoms with van der Waals surface area (Å²) in [6.45, 7) is 4.80. The Balaban J connectivity index is 1.42. The summed E-state index contributed by atoms with van der Waals surface area (Å²) in [4.78, 5) is 0. The van der Waals surface area contributed by atoms with Crippen LogP contribution in [0, 0.1) is 5.92 Å². The molecule has 1 saturated heterocycles. The molecule has 0 spiro atoms. The van der Waals surface area contributed by atoms with Gasteiger partial charge in [-0.15, -0.1) is 0 Å². The molecule has 1 atom stereocenters. The van der Waals surface area contributed by atoms with E-state index in [1.54, 1.807) is 0 Å². The van der Waals surface area contributed by atoms with Gasteiger partial charge < -0.3 is 14.8 Å². The Bertz CT molecular complexity index is 399. The van der Waals surface area contributed by atoms with Gasteiger partial charge in [0.1, 0.15) is 5.75 Å². The van der Waals surface area contributed by atoms with Gasteiger partial charge in [-0.25, -0.2) is 0 Å². The molecule has 0 aromatic heterocycles. The predicted octanol–water partition coefficient (Wildman–Crippen LogP) is 2.14. The lowest BCUT2D eigenvalue weighted by Gasteiger charge is -2.09. The summed E-state index contributed by atoms with van der Waals surface area (Å²) in [5.41, 5.74) is 2.72. The first-order chi connectivity index (χ1) is 8.92. The lowest BCUT2D eigenvalue weighted by atomic mass is 10.1. The fourth-order valence-electron chi connectivity index (χ4n) is 2.70. The second kappa shape index (κ2) is 5.72. The zero-order chi connectivity index (χ0) is 12.2. The molecule has 98 valence electrons. The fourth-order valence-corrected chi connectivity index (χ4v) is 2.70.